The normalized spacial score (nSPS) is 19.3. The molecular formula is C19H22N2O4S. The summed E-state index contributed by atoms with van der Waals surface area (Å²) in [6.07, 6.45) is 2.31. The van der Waals surface area contributed by atoms with Gasteiger partial charge >= 0.3 is 6.09 Å². The molecule has 1 amide bonds. The Balaban J connectivity index is 1.41. The van der Waals surface area contributed by atoms with Crippen molar-refractivity contribution in [2.75, 3.05) is 11.6 Å². The molecule has 1 fully saturated rings. The van der Waals surface area contributed by atoms with Crippen LogP contribution in [0.1, 0.15) is 18.4 Å². The highest BCUT2D eigenvalue weighted by Gasteiger charge is 2.30. The first-order chi connectivity index (χ1) is 12.4. The summed E-state index contributed by atoms with van der Waals surface area (Å²) in [4.78, 5) is 12.1. The quantitative estimate of drug-likeness (QED) is 0.812. The number of alkyl carbamates (subject to hydrolysis) is 1. The van der Waals surface area contributed by atoms with Crippen LogP contribution in [0.3, 0.4) is 0 Å². The zero-order valence-electron chi connectivity index (χ0n) is 14.5. The van der Waals surface area contributed by atoms with Crippen molar-refractivity contribution in [3.63, 3.8) is 0 Å². The lowest BCUT2D eigenvalue weighted by Crippen LogP contribution is -2.49. The molecule has 1 aliphatic rings. The van der Waals surface area contributed by atoms with Crippen molar-refractivity contribution in [3.8, 4) is 0 Å². The molecule has 0 radical (unpaired) electrons. The first-order valence-electron chi connectivity index (χ1n) is 8.44. The van der Waals surface area contributed by atoms with Gasteiger partial charge in [-0.3, -0.25) is 0 Å². The highest BCUT2D eigenvalue weighted by Crippen LogP contribution is 2.25. The van der Waals surface area contributed by atoms with Gasteiger partial charge < -0.3 is 15.4 Å². The number of anilines is 1. The molecular weight excluding hydrogens is 352 g/mol. The minimum atomic E-state index is -3.22. The molecule has 0 aromatic heterocycles. The maximum atomic E-state index is 11.8. The topological polar surface area (TPSA) is 84.5 Å². The molecule has 0 atom stereocenters. The molecule has 138 valence electrons. The lowest BCUT2D eigenvalue weighted by molar-refractivity contribution is 0.129. The molecule has 26 heavy (non-hydrogen) atoms. The van der Waals surface area contributed by atoms with E-state index in [1.54, 1.807) is 18.2 Å². The molecule has 6 nitrogen and oxygen atoms in total. The number of hydrogen-bond acceptors (Lipinski definition) is 5. The Morgan fingerprint density at radius 3 is 2.50 bits per heavy atom. The Labute approximate surface area is 153 Å². The number of benzene rings is 2. The lowest BCUT2D eigenvalue weighted by atomic mass is 9.86. The average Bonchev–Trinajstić information content (AvgIpc) is 2.58. The third-order valence-corrected chi connectivity index (χ3v) is 5.42. The Kier molecular flexibility index (Phi) is 5.46. The minimum absolute atomic E-state index is 0.0638. The van der Waals surface area contributed by atoms with Crippen molar-refractivity contribution in [1.29, 1.82) is 0 Å². The van der Waals surface area contributed by atoms with Gasteiger partial charge in [-0.2, -0.15) is 0 Å². The lowest BCUT2D eigenvalue weighted by Gasteiger charge is -2.36. The minimum Gasteiger partial charge on any atom is -0.445 e. The molecule has 2 N–H and O–H groups in total. The summed E-state index contributed by atoms with van der Waals surface area (Å²) in [7, 11) is -3.22. The summed E-state index contributed by atoms with van der Waals surface area (Å²) in [5, 5.41) is 6.14. The fraction of sp³-hybridized carbons (Fsp3) is 0.316. The van der Waals surface area contributed by atoms with Crippen LogP contribution >= 0.6 is 0 Å². The molecule has 7 heteroatoms. The number of sulfone groups is 1. The van der Waals surface area contributed by atoms with Crippen molar-refractivity contribution < 1.29 is 17.9 Å². The third kappa shape index (κ3) is 4.98. The van der Waals surface area contributed by atoms with Gasteiger partial charge in [0.05, 0.1) is 4.90 Å². The van der Waals surface area contributed by atoms with Gasteiger partial charge in [-0.05, 0) is 36.6 Å². The van der Waals surface area contributed by atoms with Gasteiger partial charge in [0.15, 0.2) is 9.84 Å². The van der Waals surface area contributed by atoms with Gasteiger partial charge in [-0.1, -0.05) is 36.4 Å². The Morgan fingerprint density at radius 1 is 1.08 bits per heavy atom. The zero-order chi connectivity index (χ0) is 18.6. The van der Waals surface area contributed by atoms with Crippen molar-refractivity contribution >= 4 is 21.6 Å². The van der Waals surface area contributed by atoms with Gasteiger partial charge in [0.1, 0.15) is 6.61 Å². The summed E-state index contributed by atoms with van der Waals surface area (Å²) < 4.78 is 28.4. The maximum absolute atomic E-state index is 11.8. The third-order valence-electron chi connectivity index (χ3n) is 4.31. The summed E-state index contributed by atoms with van der Waals surface area (Å²) >= 11 is 0. The van der Waals surface area contributed by atoms with E-state index in [-0.39, 0.29) is 18.7 Å². The molecule has 0 spiro atoms. The summed E-state index contributed by atoms with van der Waals surface area (Å²) in [5.74, 6) is 0. The predicted molar refractivity (Wildman–Crippen MR) is 99.7 cm³/mol. The monoisotopic (exact) mass is 374 g/mol. The molecule has 0 bridgehead atoms. The molecule has 0 unspecified atom stereocenters. The maximum Gasteiger partial charge on any atom is 0.407 e. The van der Waals surface area contributed by atoms with E-state index < -0.39 is 15.9 Å². The number of amides is 1. The van der Waals surface area contributed by atoms with Crippen molar-refractivity contribution in [3.05, 3.63) is 60.2 Å². The number of rotatable bonds is 6. The van der Waals surface area contributed by atoms with E-state index in [9.17, 15) is 13.2 Å². The van der Waals surface area contributed by atoms with E-state index >= 15 is 0 Å². The largest absolute Gasteiger partial charge is 0.445 e. The fourth-order valence-corrected chi connectivity index (χ4v) is 3.50. The van der Waals surface area contributed by atoms with Crippen LogP contribution in [0.15, 0.2) is 59.5 Å². The van der Waals surface area contributed by atoms with Crippen LogP contribution in [0, 0.1) is 0 Å². The number of ether oxygens (including phenoxy) is 1. The molecule has 0 heterocycles. The summed E-state index contributed by atoms with van der Waals surface area (Å²) in [6, 6.07) is 16.5. The Hall–Kier alpha value is -2.54. The molecule has 2 aromatic rings. The van der Waals surface area contributed by atoms with Crippen LogP contribution in [0.4, 0.5) is 10.5 Å². The van der Waals surface area contributed by atoms with Crippen molar-refractivity contribution in [1.82, 2.24) is 5.32 Å². The highest BCUT2D eigenvalue weighted by atomic mass is 32.2. The van der Waals surface area contributed by atoms with E-state index in [1.807, 2.05) is 36.4 Å². The SMILES string of the molecule is CS(=O)(=O)c1cccc(NC2CC(NC(=O)OCc3ccccc3)C2)c1. The number of carbonyl (C=O) groups excluding carboxylic acids is 1. The Morgan fingerprint density at radius 2 is 1.81 bits per heavy atom. The summed E-state index contributed by atoms with van der Waals surface area (Å²) in [5.41, 5.74) is 1.71. The van der Waals surface area contributed by atoms with Gasteiger partial charge in [0.25, 0.3) is 0 Å². The van der Waals surface area contributed by atoms with Crippen LogP contribution in [0.2, 0.25) is 0 Å². The van der Waals surface area contributed by atoms with Crippen LogP contribution in [-0.4, -0.2) is 32.9 Å². The molecule has 1 saturated carbocycles. The van der Waals surface area contributed by atoms with Gasteiger partial charge in [0, 0.05) is 24.0 Å². The van der Waals surface area contributed by atoms with Crippen molar-refractivity contribution in [2.45, 2.75) is 36.4 Å². The first kappa shape index (κ1) is 18.3. The first-order valence-corrected chi connectivity index (χ1v) is 10.3. The average molecular weight is 374 g/mol. The van der Waals surface area contributed by atoms with Crippen LogP contribution in [0.5, 0.6) is 0 Å². The van der Waals surface area contributed by atoms with E-state index in [0.29, 0.717) is 4.90 Å². The fourth-order valence-electron chi connectivity index (χ4n) is 2.84. The summed E-state index contributed by atoms with van der Waals surface area (Å²) in [6.45, 7) is 0.249. The second-order valence-corrected chi connectivity index (χ2v) is 8.53. The Bertz CT molecular complexity index is 862. The second-order valence-electron chi connectivity index (χ2n) is 6.52. The van der Waals surface area contributed by atoms with Crippen LogP contribution in [-0.2, 0) is 21.2 Å². The predicted octanol–water partition coefficient (Wildman–Crippen LogP) is 2.96. The highest BCUT2D eigenvalue weighted by molar-refractivity contribution is 7.90. The number of hydrogen-bond donors (Lipinski definition) is 2. The molecule has 0 aliphatic heterocycles. The van der Waals surface area contributed by atoms with Crippen molar-refractivity contribution in [2.24, 2.45) is 0 Å². The van der Waals surface area contributed by atoms with Gasteiger partial charge in [-0.25, -0.2) is 13.2 Å². The van der Waals surface area contributed by atoms with Crippen LogP contribution < -0.4 is 10.6 Å². The molecule has 2 aromatic carbocycles. The van der Waals surface area contributed by atoms with E-state index in [0.717, 1.165) is 24.1 Å². The van der Waals surface area contributed by atoms with Crippen LogP contribution in [0.25, 0.3) is 0 Å². The zero-order valence-corrected chi connectivity index (χ0v) is 15.3. The van der Waals surface area contributed by atoms with E-state index in [1.165, 1.54) is 6.26 Å². The molecule has 3 rings (SSSR count). The molecule has 0 saturated heterocycles. The van der Waals surface area contributed by atoms with E-state index in [2.05, 4.69) is 10.6 Å². The number of carbonyl (C=O) groups is 1. The smallest absolute Gasteiger partial charge is 0.407 e. The van der Waals surface area contributed by atoms with Gasteiger partial charge in [0.2, 0.25) is 0 Å². The van der Waals surface area contributed by atoms with E-state index in [4.69, 9.17) is 4.74 Å². The number of nitrogens with one attached hydrogen (secondary N) is 2. The van der Waals surface area contributed by atoms with Gasteiger partial charge in [-0.15, -0.1) is 0 Å². The second kappa shape index (κ2) is 7.78. The standard InChI is InChI=1S/C19H22N2O4S/c1-26(23,24)18-9-5-8-15(12-18)20-16-10-17(11-16)21-19(22)25-13-14-6-3-2-4-7-14/h2-9,12,16-17,20H,10-11,13H2,1H3,(H,21,22). The molecule has 1 aliphatic carbocycles.